The fraction of sp³-hybridized carbons (Fsp3) is 0.0952. The Morgan fingerprint density at radius 3 is 2.36 bits per heavy atom. The van der Waals surface area contributed by atoms with Gasteiger partial charge in [-0.3, -0.25) is 0 Å². The first-order chi connectivity index (χ1) is 12.2. The molecule has 0 unspecified atom stereocenters. The highest BCUT2D eigenvalue weighted by atomic mass is 15.4. The molecule has 0 atom stereocenters. The lowest BCUT2D eigenvalue weighted by atomic mass is 10.2. The summed E-state index contributed by atoms with van der Waals surface area (Å²) in [6, 6.07) is 22.5. The number of hydrogen-bond acceptors (Lipinski definition) is 2. The summed E-state index contributed by atoms with van der Waals surface area (Å²) < 4.78 is 3.99. The molecule has 0 amide bonds. The highest BCUT2D eigenvalue weighted by Gasteiger charge is 2.21. The molecule has 0 bridgehead atoms. The van der Waals surface area contributed by atoms with Crippen LogP contribution in [0.3, 0.4) is 0 Å². The summed E-state index contributed by atoms with van der Waals surface area (Å²) in [6.45, 7) is 4.10. The van der Waals surface area contributed by atoms with Gasteiger partial charge < -0.3 is 0 Å². The first-order valence-corrected chi connectivity index (χ1v) is 8.28. The van der Waals surface area contributed by atoms with Crippen molar-refractivity contribution in [2.45, 2.75) is 13.8 Å². The molecule has 4 nitrogen and oxygen atoms in total. The van der Waals surface area contributed by atoms with E-state index in [9.17, 15) is 0 Å². The Kier molecular flexibility index (Phi) is 3.86. The SMILES string of the molecule is Cc1cc(C)[n+]2c(-c3ccccc3)cn(/N=C/c3ccccc3)c2n1. The second kappa shape index (κ2) is 6.32. The van der Waals surface area contributed by atoms with Crippen molar-refractivity contribution in [2.75, 3.05) is 0 Å². The van der Waals surface area contributed by atoms with Gasteiger partial charge in [-0.15, -0.1) is 9.78 Å². The normalized spacial score (nSPS) is 11.4. The van der Waals surface area contributed by atoms with E-state index in [1.165, 1.54) is 0 Å². The smallest absolute Gasteiger partial charge is 0.194 e. The number of hydrogen-bond donors (Lipinski definition) is 0. The Hall–Kier alpha value is -3.27. The Bertz CT molecular complexity index is 1050. The van der Waals surface area contributed by atoms with Crippen molar-refractivity contribution < 1.29 is 4.40 Å². The van der Waals surface area contributed by atoms with Gasteiger partial charge in [0.1, 0.15) is 17.6 Å². The predicted molar refractivity (Wildman–Crippen MR) is 99.7 cm³/mol. The van der Waals surface area contributed by atoms with Crippen LogP contribution in [0.2, 0.25) is 0 Å². The zero-order valence-corrected chi connectivity index (χ0v) is 14.3. The highest BCUT2D eigenvalue weighted by Crippen LogP contribution is 2.18. The van der Waals surface area contributed by atoms with E-state index in [1.807, 2.05) is 72.5 Å². The molecule has 122 valence electrons. The number of aryl methyl sites for hydroxylation is 2. The van der Waals surface area contributed by atoms with Crippen molar-refractivity contribution in [3.8, 4) is 11.3 Å². The molecule has 0 spiro atoms. The van der Waals surface area contributed by atoms with E-state index in [-0.39, 0.29) is 0 Å². The van der Waals surface area contributed by atoms with E-state index in [2.05, 4.69) is 34.6 Å². The van der Waals surface area contributed by atoms with Gasteiger partial charge in [0.05, 0.1) is 11.9 Å². The highest BCUT2D eigenvalue weighted by molar-refractivity contribution is 5.79. The quantitative estimate of drug-likeness (QED) is 0.416. The third-order valence-corrected chi connectivity index (χ3v) is 4.14. The number of fused-ring (bicyclic) bond motifs is 1. The summed E-state index contributed by atoms with van der Waals surface area (Å²) >= 11 is 0. The average molecular weight is 327 g/mol. The van der Waals surface area contributed by atoms with Crippen LogP contribution in [-0.2, 0) is 0 Å². The van der Waals surface area contributed by atoms with Crippen molar-refractivity contribution in [2.24, 2.45) is 5.10 Å². The summed E-state index contributed by atoms with van der Waals surface area (Å²) in [4.78, 5) is 4.71. The molecule has 0 fully saturated rings. The van der Waals surface area contributed by atoms with Crippen LogP contribution in [0.25, 0.3) is 17.0 Å². The van der Waals surface area contributed by atoms with Crippen LogP contribution in [0, 0.1) is 13.8 Å². The van der Waals surface area contributed by atoms with Gasteiger partial charge in [-0.05, 0) is 19.4 Å². The number of imidazole rings is 1. The van der Waals surface area contributed by atoms with Crippen LogP contribution in [0.4, 0.5) is 0 Å². The van der Waals surface area contributed by atoms with Crippen molar-refractivity contribution in [1.29, 1.82) is 0 Å². The van der Waals surface area contributed by atoms with Crippen molar-refractivity contribution >= 4 is 12.0 Å². The monoisotopic (exact) mass is 327 g/mol. The van der Waals surface area contributed by atoms with Crippen LogP contribution >= 0.6 is 0 Å². The Balaban J connectivity index is 1.91. The number of benzene rings is 2. The van der Waals surface area contributed by atoms with E-state index in [0.717, 1.165) is 34.0 Å². The molecular formula is C21H19N4+. The van der Waals surface area contributed by atoms with Crippen LogP contribution in [0.15, 0.2) is 78.0 Å². The van der Waals surface area contributed by atoms with Crippen molar-refractivity contribution in [3.05, 3.63) is 89.9 Å². The van der Waals surface area contributed by atoms with Gasteiger partial charge >= 0.3 is 5.78 Å². The van der Waals surface area contributed by atoms with Gasteiger partial charge in [-0.2, -0.15) is 4.40 Å². The minimum absolute atomic E-state index is 0.809. The van der Waals surface area contributed by atoms with Crippen molar-refractivity contribution in [1.82, 2.24) is 9.66 Å². The molecule has 2 aromatic heterocycles. The number of rotatable bonds is 3. The summed E-state index contributed by atoms with van der Waals surface area (Å²) in [6.07, 6.45) is 3.89. The number of nitrogens with zero attached hydrogens (tertiary/aromatic N) is 4. The molecule has 4 rings (SSSR count). The maximum atomic E-state index is 4.71. The molecular weight excluding hydrogens is 308 g/mol. The molecule has 2 aromatic carbocycles. The lowest BCUT2D eigenvalue weighted by molar-refractivity contribution is -0.509. The maximum absolute atomic E-state index is 4.71. The van der Waals surface area contributed by atoms with Crippen molar-refractivity contribution in [3.63, 3.8) is 0 Å². The minimum atomic E-state index is 0.809. The molecule has 0 aliphatic carbocycles. The third-order valence-electron chi connectivity index (χ3n) is 4.14. The zero-order chi connectivity index (χ0) is 17.2. The van der Waals surface area contributed by atoms with E-state index < -0.39 is 0 Å². The molecule has 0 radical (unpaired) electrons. The largest absolute Gasteiger partial charge is 0.428 e. The first-order valence-electron chi connectivity index (χ1n) is 8.28. The predicted octanol–water partition coefficient (Wildman–Crippen LogP) is 3.79. The number of aromatic nitrogens is 3. The fourth-order valence-corrected chi connectivity index (χ4v) is 3.01. The second-order valence-corrected chi connectivity index (χ2v) is 6.05. The van der Waals surface area contributed by atoms with E-state index in [1.54, 1.807) is 0 Å². The average Bonchev–Trinajstić information content (AvgIpc) is 3.00. The molecule has 2 heterocycles. The Morgan fingerprint density at radius 1 is 0.960 bits per heavy atom. The molecule has 4 heteroatoms. The first kappa shape index (κ1) is 15.3. The molecule has 0 saturated heterocycles. The molecule has 0 aliphatic heterocycles. The summed E-state index contributed by atoms with van der Waals surface area (Å²) in [5.74, 6) is 0.809. The summed E-state index contributed by atoms with van der Waals surface area (Å²) in [7, 11) is 0. The van der Waals surface area contributed by atoms with Gasteiger partial charge in [0, 0.05) is 11.6 Å². The Labute approximate surface area is 146 Å². The second-order valence-electron chi connectivity index (χ2n) is 6.05. The van der Waals surface area contributed by atoms with Gasteiger partial charge in [0.2, 0.25) is 0 Å². The zero-order valence-electron chi connectivity index (χ0n) is 14.3. The molecule has 0 N–H and O–H groups in total. The molecule has 25 heavy (non-hydrogen) atoms. The van der Waals surface area contributed by atoms with E-state index in [0.29, 0.717) is 0 Å². The van der Waals surface area contributed by atoms with Gasteiger partial charge in [0.25, 0.3) is 0 Å². The van der Waals surface area contributed by atoms with Gasteiger partial charge in [-0.25, -0.2) is 0 Å². The Morgan fingerprint density at radius 2 is 1.64 bits per heavy atom. The summed E-state index contributed by atoms with van der Waals surface area (Å²) in [5, 5.41) is 4.64. The van der Waals surface area contributed by atoms with E-state index >= 15 is 0 Å². The maximum Gasteiger partial charge on any atom is 0.428 e. The minimum Gasteiger partial charge on any atom is -0.194 e. The standard InChI is InChI=1S/C21H19N4/c1-16-13-17(2)25-20(19-11-7-4-8-12-19)15-24(21(25)23-16)22-14-18-9-5-3-6-10-18/h3-15H,1-2H3/q+1/b22-14+. The van der Waals surface area contributed by atoms with Crippen LogP contribution < -0.4 is 4.40 Å². The fourth-order valence-electron chi connectivity index (χ4n) is 3.01. The van der Waals surface area contributed by atoms with Crippen LogP contribution in [-0.4, -0.2) is 15.9 Å². The third kappa shape index (κ3) is 2.94. The van der Waals surface area contributed by atoms with Gasteiger partial charge in [-0.1, -0.05) is 65.6 Å². The molecule has 0 saturated carbocycles. The van der Waals surface area contributed by atoms with Gasteiger partial charge in [0.15, 0.2) is 0 Å². The molecule has 0 aliphatic rings. The topological polar surface area (TPSA) is 34.3 Å². The lowest BCUT2D eigenvalue weighted by Gasteiger charge is -1.99. The molecule has 4 aromatic rings. The van der Waals surface area contributed by atoms with Crippen LogP contribution in [0.5, 0.6) is 0 Å². The summed E-state index contributed by atoms with van der Waals surface area (Å²) in [5.41, 5.74) is 5.38. The van der Waals surface area contributed by atoms with E-state index in [4.69, 9.17) is 4.98 Å². The lowest BCUT2D eigenvalue weighted by Crippen LogP contribution is -2.28. The van der Waals surface area contributed by atoms with Crippen LogP contribution in [0.1, 0.15) is 17.0 Å².